The molecule has 0 unspecified atom stereocenters. The normalized spacial score (nSPS) is 10.6. The molecule has 0 spiro atoms. The van der Waals surface area contributed by atoms with Crippen molar-refractivity contribution in [3.8, 4) is 0 Å². The third-order valence-corrected chi connectivity index (χ3v) is 2.05. The molecule has 0 aromatic carbocycles. The predicted octanol–water partition coefficient (Wildman–Crippen LogP) is 2.31. The molecule has 0 bridgehead atoms. The van der Waals surface area contributed by atoms with Gasteiger partial charge in [-0.1, -0.05) is 11.2 Å². The van der Waals surface area contributed by atoms with Crippen molar-refractivity contribution >= 4 is 17.6 Å². The average molecular weight is 169 g/mol. The maximum atomic E-state index is 4.81. The third kappa shape index (κ3) is 3.18. The first kappa shape index (κ1) is 8.27. The van der Waals surface area contributed by atoms with Gasteiger partial charge in [-0.3, -0.25) is 0 Å². The Kier molecular flexibility index (Phi) is 3.69. The van der Waals surface area contributed by atoms with Crippen LogP contribution in [0.5, 0.6) is 0 Å². The summed E-state index contributed by atoms with van der Waals surface area (Å²) in [5.74, 6) is 0. The molecule has 0 aliphatic rings. The van der Waals surface area contributed by atoms with Crippen molar-refractivity contribution in [1.29, 1.82) is 0 Å². The van der Waals surface area contributed by atoms with Crippen LogP contribution in [-0.4, -0.2) is 12.8 Å². The first-order valence-electron chi connectivity index (χ1n) is 3.59. The molecule has 1 aromatic heterocycles. The van der Waals surface area contributed by atoms with Crippen LogP contribution in [0.15, 0.2) is 22.7 Å². The minimum Gasteiger partial charge on any atom is -0.396 e. The Morgan fingerprint density at radius 1 is 1.73 bits per heavy atom. The number of hydrogen-bond donors (Lipinski definition) is 0. The molecule has 1 heterocycles. The summed E-state index contributed by atoms with van der Waals surface area (Å²) in [6.45, 7) is 2.56. The molecule has 0 saturated carbocycles. The van der Waals surface area contributed by atoms with E-state index in [4.69, 9.17) is 4.84 Å². The van der Waals surface area contributed by atoms with E-state index in [1.54, 1.807) is 17.6 Å². The molecule has 0 atom stereocenters. The van der Waals surface area contributed by atoms with E-state index >= 15 is 0 Å². The summed E-state index contributed by atoms with van der Waals surface area (Å²) in [5.41, 5.74) is 0. The summed E-state index contributed by atoms with van der Waals surface area (Å²) in [6, 6.07) is 4.12. The Bertz CT molecular complexity index is 206. The quantitative estimate of drug-likeness (QED) is 0.500. The van der Waals surface area contributed by atoms with E-state index in [1.807, 2.05) is 13.0 Å². The maximum Gasteiger partial charge on any atom is 0.114 e. The SMILES string of the molecule is CCO/N=C\Cc1cccs1. The van der Waals surface area contributed by atoms with E-state index in [0.29, 0.717) is 6.61 Å². The Morgan fingerprint density at radius 3 is 3.27 bits per heavy atom. The molecule has 2 nitrogen and oxygen atoms in total. The highest BCUT2D eigenvalue weighted by Crippen LogP contribution is 2.07. The second kappa shape index (κ2) is 4.91. The van der Waals surface area contributed by atoms with Gasteiger partial charge in [0.1, 0.15) is 6.61 Å². The average Bonchev–Trinajstić information content (AvgIpc) is 2.50. The highest BCUT2D eigenvalue weighted by atomic mass is 32.1. The summed E-state index contributed by atoms with van der Waals surface area (Å²) in [5, 5.41) is 5.81. The van der Waals surface area contributed by atoms with Crippen LogP contribution in [0.4, 0.5) is 0 Å². The topological polar surface area (TPSA) is 21.6 Å². The van der Waals surface area contributed by atoms with Crippen molar-refractivity contribution in [2.24, 2.45) is 5.16 Å². The van der Waals surface area contributed by atoms with Crippen LogP contribution in [-0.2, 0) is 11.3 Å². The number of nitrogens with zero attached hydrogens (tertiary/aromatic N) is 1. The standard InChI is InChI=1S/C8H11NOS/c1-2-10-9-6-5-8-4-3-7-11-8/h3-4,6-7H,2,5H2,1H3/b9-6-. The predicted molar refractivity (Wildman–Crippen MR) is 48.1 cm³/mol. The second-order valence-corrected chi connectivity index (χ2v) is 3.02. The van der Waals surface area contributed by atoms with Crippen LogP contribution < -0.4 is 0 Å². The van der Waals surface area contributed by atoms with E-state index in [0.717, 1.165) is 6.42 Å². The molecule has 0 aliphatic carbocycles. The van der Waals surface area contributed by atoms with E-state index < -0.39 is 0 Å². The van der Waals surface area contributed by atoms with Gasteiger partial charge in [-0.25, -0.2) is 0 Å². The van der Waals surface area contributed by atoms with Crippen LogP contribution in [0.2, 0.25) is 0 Å². The highest BCUT2D eigenvalue weighted by Gasteiger charge is 1.87. The lowest BCUT2D eigenvalue weighted by atomic mass is 10.4. The van der Waals surface area contributed by atoms with Gasteiger partial charge < -0.3 is 4.84 Å². The largest absolute Gasteiger partial charge is 0.396 e. The number of thiophene rings is 1. The molecule has 0 amide bonds. The monoisotopic (exact) mass is 169 g/mol. The van der Waals surface area contributed by atoms with E-state index in [9.17, 15) is 0 Å². The fourth-order valence-electron chi connectivity index (χ4n) is 0.683. The summed E-state index contributed by atoms with van der Waals surface area (Å²) in [6.07, 6.45) is 2.66. The molecule has 1 rings (SSSR count). The first-order chi connectivity index (χ1) is 5.43. The molecule has 0 fully saturated rings. The van der Waals surface area contributed by atoms with Gasteiger partial charge in [-0.2, -0.15) is 0 Å². The lowest BCUT2D eigenvalue weighted by Crippen LogP contribution is -1.83. The van der Waals surface area contributed by atoms with Gasteiger partial charge >= 0.3 is 0 Å². The van der Waals surface area contributed by atoms with E-state index in [-0.39, 0.29) is 0 Å². The molecule has 0 radical (unpaired) electrons. The van der Waals surface area contributed by atoms with Gasteiger partial charge in [-0.05, 0) is 18.4 Å². The lowest BCUT2D eigenvalue weighted by molar-refractivity contribution is 0.160. The van der Waals surface area contributed by atoms with Crippen molar-refractivity contribution in [2.45, 2.75) is 13.3 Å². The summed E-state index contributed by atoms with van der Waals surface area (Å²) < 4.78 is 0. The Morgan fingerprint density at radius 2 is 2.64 bits per heavy atom. The summed E-state index contributed by atoms with van der Waals surface area (Å²) >= 11 is 1.73. The van der Waals surface area contributed by atoms with Gasteiger partial charge in [0, 0.05) is 17.5 Å². The van der Waals surface area contributed by atoms with Gasteiger partial charge in [-0.15, -0.1) is 11.3 Å². The van der Waals surface area contributed by atoms with Gasteiger partial charge in [0.05, 0.1) is 0 Å². The number of hydrogen-bond acceptors (Lipinski definition) is 3. The Hall–Kier alpha value is -0.830. The molecule has 0 N–H and O–H groups in total. The fourth-order valence-corrected chi connectivity index (χ4v) is 1.34. The minimum atomic E-state index is 0.640. The maximum absolute atomic E-state index is 4.81. The molecule has 3 heteroatoms. The fraction of sp³-hybridized carbons (Fsp3) is 0.375. The van der Waals surface area contributed by atoms with Crippen molar-refractivity contribution in [3.63, 3.8) is 0 Å². The smallest absolute Gasteiger partial charge is 0.114 e. The van der Waals surface area contributed by atoms with E-state index in [2.05, 4.69) is 16.6 Å². The first-order valence-corrected chi connectivity index (χ1v) is 4.47. The van der Waals surface area contributed by atoms with Gasteiger partial charge in [0.25, 0.3) is 0 Å². The number of oxime groups is 1. The Balaban J connectivity index is 2.23. The zero-order chi connectivity index (χ0) is 7.94. The van der Waals surface area contributed by atoms with Gasteiger partial charge in [0.2, 0.25) is 0 Å². The molecule has 11 heavy (non-hydrogen) atoms. The number of rotatable bonds is 4. The van der Waals surface area contributed by atoms with Crippen LogP contribution in [0.25, 0.3) is 0 Å². The zero-order valence-corrected chi connectivity index (χ0v) is 7.30. The van der Waals surface area contributed by atoms with Crippen molar-refractivity contribution in [2.75, 3.05) is 6.61 Å². The van der Waals surface area contributed by atoms with Crippen molar-refractivity contribution < 1.29 is 4.84 Å². The van der Waals surface area contributed by atoms with Crippen LogP contribution in [0.3, 0.4) is 0 Å². The minimum absolute atomic E-state index is 0.640. The van der Waals surface area contributed by atoms with Crippen LogP contribution in [0.1, 0.15) is 11.8 Å². The van der Waals surface area contributed by atoms with Gasteiger partial charge in [0.15, 0.2) is 0 Å². The van der Waals surface area contributed by atoms with Crippen molar-refractivity contribution in [1.82, 2.24) is 0 Å². The second-order valence-electron chi connectivity index (χ2n) is 1.99. The van der Waals surface area contributed by atoms with Crippen molar-refractivity contribution in [3.05, 3.63) is 22.4 Å². The Labute approximate surface area is 70.5 Å². The zero-order valence-electron chi connectivity index (χ0n) is 6.49. The molecular formula is C8H11NOS. The van der Waals surface area contributed by atoms with E-state index in [1.165, 1.54) is 4.88 Å². The summed E-state index contributed by atoms with van der Waals surface area (Å²) in [4.78, 5) is 6.12. The highest BCUT2D eigenvalue weighted by molar-refractivity contribution is 7.10. The van der Waals surface area contributed by atoms with Crippen LogP contribution in [0, 0.1) is 0 Å². The van der Waals surface area contributed by atoms with Crippen LogP contribution >= 0.6 is 11.3 Å². The molecule has 0 saturated heterocycles. The molecule has 1 aromatic rings. The summed E-state index contributed by atoms with van der Waals surface area (Å²) in [7, 11) is 0. The molecule has 60 valence electrons. The molecule has 0 aliphatic heterocycles. The third-order valence-electron chi connectivity index (χ3n) is 1.15. The lowest BCUT2D eigenvalue weighted by Gasteiger charge is -1.89. The molecular weight excluding hydrogens is 158 g/mol.